The second-order valence-electron chi connectivity index (χ2n) is 4.95. The van der Waals surface area contributed by atoms with Crippen molar-refractivity contribution in [1.29, 1.82) is 0 Å². The Balaban J connectivity index is 0.000000240. The van der Waals surface area contributed by atoms with E-state index >= 15 is 0 Å². The largest absolute Gasteiger partial charge is 0.392 e. The lowest BCUT2D eigenvalue weighted by Gasteiger charge is -2.01. The maximum absolute atomic E-state index is 10.4. The molecule has 0 fully saturated rings. The SMILES string of the molecule is Cc1c(CO)cccc1[N+](=O)[O-].Cc1c(CO)cccc1[N+](=O)[O-]. The van der Waals surface area contributed by atoms with Crippen LogP contribution in [0.4, 0.5) is 11.4 Å². The molecule has 0 saturated carbocycles. The van der Waals surface area contributed by atoms with Gasteiger partial charge in [0.15, 0.2) is 0 Å². The van der Waals surface area contributed by atoms with Crippen molar-refractivity contribution in [2.75, 3.05) is 0 Å². The molecule has 0 spiro atoms. The molecular weight excluding hydrogens is 316 g/mol. The fourth-order valence-corrected chi connectivity index (χ4v) is 2.08. The molecule has 8 heteroatoms. The number of aliphatic hydroxyl groups is 2. The van der Waals surface area contributed by atoms with Gasteiger partial charge in [0, 0.05) is 23.3 Å². The average molecular weight is 334 g/mol. The van der Waals surface area contributed by atoms with E-state index < -0.39 is 9.85 Å². The third-order valence-corrected chi connectivity index (χ3v) is 3.57. The first-order valence-electron chi connectivity index (χ1n) is 7.01. The molecule has 2 rings (SSSR count). The second kappa shape index (κ2) is 8.70. The molecule has 0 bridgehead atoms. The molecule has 2 aromatic carbocycles. The highest BCUT2D eigenvalue weighted by atomic mass is 16.6. The maximum atomic E-state index is 10.4. The normalized spacial score (nSPS) is 9.83. The molecule has 8 nitrogen and oxygen atoms in total. The van der Waals surface area contributed by atoms with Gasteiger partial charge >= 0.3 is 0 Å². The molecule has 0 unspecified atom stereocenters. The minimum absolute atomic E-state index is 0.0570. The molecule has 0 heterocycles. The number of aliphatic hydroxyl groups excluding tert-OH is 2. The van der Waals surface area contributed by atoms with E-state index in [0.717, 1.165) is 0 Å². The van der Waals surface area contributed by atoms with E-state index in [-0.39, 0.29) is 24.6 Å². The molecule has 2 aromatic rings. The molecule has 0 saturated heterocycles. The van der Waals surface area contributed by atoms with Gasteiger partial charge in [0.2, 0.25) is 0 Å². The first kappa shape index (κ1) is 19.2. The van der Waals surface area contributed by atoms with Gasteiger partial charge in [-0.1, -0.05) is 24.3 Å². The minimum Gasteiger partial charge on any atom is -0.392 e. The number of nitrogens with zero attached hydrogens (tertiary/aromatic N) is 2. The van der Waals surface area contributed by atoms with Crippen LogP contribution < -0.4 is 0 Å². The maximum Gasteiger partial charge on any atom is 0.272 e. The average Bonchev–Trinajstić information content (AvgIpc) is 2.55. The fraction of sp³-hybridized carbons (Fsp3) is 0.250. The number of nitro benzene ring substituents is 2. The summed E-state index contributed by atoms with van der Waals surface area (Å²) in [5.41, 5.74) is 2.38. The summed E-state index contributed by atoms with van der Waals surface area (Å²) in [6, 6.07) is 9.32. The van der Waals surface area contributed by atoms with Gasteiger partial charge in [-0.25, -0.2) is 0 Å². The first-order valence-corrected chi connectivity index (χ1v) is 7.01. The van der Waals surface area contributed by atoms with Crippen LogP contribution in [0.5, 0.6) is 0 Å². The van der Waals surface area contributed by atoms with E-state index in [1.54, 1.807) is 38.1 Å². The van der Waals surface area contributed by atoms with Crippen molar-refractivity contribution in [3.63, 3.8) is 0 Å². The molecule has 0 radical (unpaired) electrons. The summed E-state index contributed by atoms with van der Waals surface area (Å²) in [5, 5.41) is 38.4. The molecule has 2 N–H and O–H groups in total. The number of hydrogen-bond donors (Lipinski definition) is 2. The van der Waals surface area contributed by atoms with E-state index in [1.165, 1.54) is 12.1 Å². The van der Waals surface area contributed by atoms with E-state index in [4.69, 9.17) is 10.2 Å². The summed E-state index contributed by atoms with van der Waals surface area (Å²) < 4.78 is 0. The molecule has 0 aliphatic carbocycles. The Kier molecular flexibility index (Phi) is 6.97. The topological polar surface area (TPSA) is 127 Å². The standard InChI is InChI=1S/2C8H9NO3/c2*1-6-7(5-10)3-2-4-8(6)9(11)12/h2*2-4,10H,5H2,1H3. The van der Waals surface area contributed by atoms with Gasteiger partial charge in [-0.2, -0.15) is 0 Å². The van der Waals surface area contributed by atoms with Crippen molar-refractivity contribution in [2.24, 2.45) is 0 Å². The Labute approximate surface area is 138 Å². The monoisotopic (exact) mass is 334 g/mol. The lowest BCUT2D eigenvalue weighted by molar-refractivity contribution is -0.385. The lowest BCUT2D eigenvalue weighted by atomic mass is 10.1. The highest BCUT2D eigenvalue weighted by Gasteiger charge is 2.12. The zero-order valence-corrected chi connectivity index (χ0v) is 13.3. The predicted molar refractivity (Wildman–Crippen MR) is 87.5 cm³/mol. The highest BCUT2D eigenvalue weighted by molar-refractivity contribution is 5.44. The van der Waals surface area contributed by atoms with Crippen LogP contribution in [0.3, 0.4) is 0 Å². The van der Waals surface area contributed by atoms with Crippen molar-refractivity contribution in [2.45, 2.75) is 27.1 Å². The summed E-state index contributed by atoms with van der Waals surface area (Å²) in [5.74, 6) is 0. The molecule has 0 aromatic heterocycles. The number of nitro groups is 2. The Hall–Kier alpha value is -2.84. The van der Waals surface area contributed by atoms with Crippen molar-refractivity contribution in [3.8, 4) is 0 Å². The van der Waals surface area contributed by atoms with E-state index in [9.17, 15) is 20.2 Å². The predicted octanol–water partition coefficient (Wildman–Crippen LogP) is 2.79. The molecule has 0 aliphatic heterocycles. The van der Waals surface area contributed by atoms with Crippen LogP contribution in [0.25, 0.3) is 0 Å². The third kappa shape index (κ3) is 4.58. The van der Waals surface area contributed by atoms with Crippen molar-refractivity contribution >= 4 is 11.4 Å². The minimum atomic E-state index is -0.450. The van der Waals surface area contributed by atoms with Gasteiger partial charge in [-0.05, 0) is 25.0 Å². The van der Waals surface area contributed by atoms with Crippen LogP contribution in [0, 0.1) is 34.1 Å². The van der Waals surface area contributed by atoms with E-state index in [0.29, 0.717) is 22.3 Å². The number of benzene rings is 2. The van der Waals surface area contributed by atoms with Gasteiger partial charge in [0.05, 0.1) is 23.1 Å². The first-order chi connectivity index (χ1) is 11.3. The van der Waals surface area contributed by atoms with E-state index in [1.807, 2.05) is 0 Å². The van der Waals surface area contributed by atoms with Gasteiger partial charge in [0.1, 0.15) is 0 Å². The second-order valence-corrected chi connectivity index (χ2v) is 4.95. The third-order valence-electron chi connectivity index (χ3n) is 3.57. The summed E-state index contributed by atoms with van der Waals surface area (Å²) in [7, 11) is 0. The van der Waals surface area contributed by atoms with Gasteiger partial charge in [-0.3, -0.25) is 20.2 Å². The van der Waals surface area contributed by atoms with Crippen LogP contribution in [-0.4, -0.2) is 20.1 Å². The molecule has 0 aliphatic rings. The van der Waals surface area contributed by atoms with Gasteiger partial charge < -0.3 is 10.2 Å². The van der Waals surface area contributed by atoms with Crippen LogP contribution in [0.1, 0.15) is 22.3 Å². The summed E-state index contributed by atoms with van der Waals surface area (Å²) >= 11 is 0. The van der Waals surface area contributed by atoms with Crippen molar-refractivity contribution in [3.05, 3.63) is 78.9 Å². The van der Waals surface area contributed by atoms with Crippen LogP contribution in [-0.2, 0) is 13.2 Å². The van der Waals surface area contributed by atoms with Gasteiger partial charge in [0.25, 0.3) is 11.4 Å². The molecule has 0 atom stereocenters. The zero-order valence-electron chi connectivity index (χ0n) is 13.3. The van der Waals surface area contributed by atoms with E-state index in [2.05, 4.69) is 0 Å². The Morgan fingerprint density at radius 1 is 0.792 bits per heavy atom. The highest BCUT2D eigenvalue weighted by Crippen LogP contribution is 2.21. The van der Waals surface area contributed by atoms with Crippen LogP contribution >= 0.6 is 0 Å². The van der Waals surface area contributed by atoms with Crippen molar-refractivity contribution < 1.29 is 20.1 Å². The molecule has 0 amide bonds. The quantitative estimate of drug-likeness (QED) is 0.654. The zero-order chi connectivity index (χ0) is 18.3. The molecular formula is C16H18N2O6. The molecule has 24 heavy (non-hydrogen) atoms. The smallest absolute Gasteiger partial charge is 0.272 e. The summed E-state index contributed by atoms with van der Waals surface area (Å²) in [4.78, 5) is 19.9. The summed E-state index contributed by atoms with van der Waals surface area (Å²) in [6.07, 6.45) is 0. The Morgan fingerprint density at radius 3 is 1.38 bits per heavy atom. The molecule has 128 valence electrons. The fourth-order valence-electron chi connectivity index (χ4n) is 2.08. The van der Waals surface area contributed by atoms with Crippen molar-refractivity contribution in [1.82, 2.24) is 0 Å². The van der Waals surface area contributed by atoms with Crippen LogP contribution in [0.2, 0.25) is 0 Å². The van der Waals surface area contributed by atoms with Crippen LogP contribution in [0.15, 0.2) is 36.4 Å². The lowest BCUT2D eigenvalue weighted by Crippen LogP contribution is -1.95. The Bertz CT molecular complexity index is 682. The summed E-state index contributed by atoms with van der Waals surface area (Å²) in [6.45, 7) is 2.94. The Morgan fingerprint density at radius 2 is 1.12 bits per heavy atom. The van der Waals surface area contributed by atoms with Gasteiger partial charge in [-0.15, -0.1) is 0 Å². The number of hydrogen-bond acceptors (Lipinski definition) is 6. The number of rotatable bonds is 4.